The number of hydrogen-bond acceptors (Lipinski definition) is 3. The third-order valence-electron chi connectivity index (χ3n) is 3.56. The number of aromatic nitrogens is 2. The molecule has 0 bridgehead atoms. The molecule has 3 N–H and O–H groups in total. The molecule has 0 spiro atoms. The minimum absolute atomic E-state index is 0.0596. The highest BCUT2D eigenvalue weighted by Gasteiger charge is 2.13. The van der Waals surface area contributed by atoms with E-state index in [4.69, 9.17) is 5.41 Å². The van der Waals surface area contributed by atoms with E-state index < -0.39 is 17.5 Å². The van der Waals surface area contributed by atoms with Gasteiger partial charge in [0.05, 0.1) is 18.6 Å². The van der Waals surface area contributed by atoms with Gasteiger partial charge in [-0.05, 0) is 30.7 Å². The number of nitrogens with zero attached hydrogens (tertiary/aromatic N) is 2. The molecule has 27 heavy (non-hydrogen) atoms. The molecule has 5 nitrogen and oxygen atoms in total. The summed E-state index contributed by atoms with van der Waals surface area (Å²) in [5.74, 6) is -4.14. The molecule has 1 aromatic heterocycles. The number of halogens is 3. The first-order chi connectivity index (χ1) is 12.8. The summed E-state index contributed by atoms with van der Waals surface area (Å²) in [6.07, 6.45) is 0.750. The van der Waals surface area contributed by atoms with Gasteiger partial charge >= 0.3 is 0 Å². The maximum Gasteiger partial charge on any atom is 0.267 e. The lowest BCUT2D eigenvalue weighted by molar-refractivity contribution is 0.447. The van der Waals surface area contributed by atoms with Crippen molar-refractivity contribution >= 4 is 6.34 Å². The first-order valence-electron chi connectivity index (χ1n) is 7.85. The van der Waals surface area contributed by atoms with Crippen LogP contribution in [0.2, 0.25) is 0 Å². The van der Waals surface area contributed by atoms with Gasteiger partial charge in [0.2, 0.25) is 0 Å². The van der Waals surface area contributed by atoms with Gasteiger partial charge < -0.3 is 5.73 Å². The molecule has 0 saturated carbocycles. The van der Waals surface area contributed by atoms with Gasteiger partial charge in [-0.3, -0.25) is 10.2 Å². The van der Waals surface area contributed by atoms with Crippen LogP contribution < -0.4 is 11.3 Å². The highest BCUT2D eigenvalue weighted by molar-refractivity contribution is 5.58. The van der Waals surface area contributed by atoms with Crippen LogP contribution in [0.4, 0.5) is 13.2 Å². The second-order valence-electron chi connectivity index (χ2n) is 5.62. The first kappa shape index (κ1) is 19.9. The van der Waals surface area contributed by atoms with E-state index in [1.54, 1.807) is 0 Å². The Labute approximate surface area is 153 Å². The van der Waals surface area contributed by atoms with Crippen molar-refractivity contribution in [2.75, 3.05) is 0 Å². The smallest absolute Gasteiger partial charge is 0.267 e. The zero-order valence-electron chi connectivity index (χ0n) is 14.4. The second kappa shape index (κ2) is 8.79. The fraction of sp³-hybridized carbons (Fsp3) is 0.105. The van der Waals surface area contributed by atoms with Gasteiger partial charge in [0, 0.05) is 11.6 Å². The first-order valence-corrected chi connectivity index (χ1v) is 7.85. The van der Waals surface area contributed by atoms with Crippen molar-refractivity contribution in [1.82, 2.24) is 9.78 Å². The summed E-state index contributed by atoms with van der Waals surface area (Å²) < 4.78 is 41.0. The summed E-state index contributed by atoms with van der Waals surface area (Å²) in [5, 5.41) is 9.99. The van der Waals surface area contributed by atoms with Crippen LogP contribution in [0.1, 0.15) is 11.1 Å². The Morgan fingerprint density at radius 2 is 1.74 bits per heavy atom. The van der Waals surface area contributed by atoms with Crippen LogP contribution in [0.15, 0.2) is 53.3 Å². The molecule has 0 atom stereocenters. The summed E-state index contributed by atoms with van der Waals surface area (Å²) in [5.41, 5.74) is 6.20. The van der Waals surface area contributed by atoms with E-state index in [-0.39, 0.29) is 23.4 Å². The molecular formula is C19H17F3N4O. The van der Waals surface area contributed by atoms with Crippen LogP contribution in [0.3, 0.4) is 0 Å². The third kappa shape index (κ3) is 5.04. The Bertz CT molecular complexity index is 995. The van der Waals surface area contributed by atoms with E-state index in [0.717, 1.165) is 29.6 Å². The topological polar surface area (TPSA) is 84.8 Å². The van der Waals surface area contributed by atoms with Gasteiger partial charge in [-0.1, -0.05) is 29.8 Å². The fourth-order valence-electron chi connectivity index (χ4n) is 2.40. The summed E-state index contributed by atoms with van der Waals surface area (Å²) in [7, 11) is 0. The lowest BCUT2D eigenvalue weighted by Gasteiger charge is -2.08. The average molecular weight is 374 g/mol. The van der Waals surface area contributed by atoms with E-state index in [2.05, 4.69) is 10.8 Å². The maximum atomic E-state index is 13.4. The van der Waals surface area contributed by atoms with Crippen molar-refractivity contribution in [2.45, 2.75) is 13.5 Å². The zero-order valence-corrected chi connectivity index (χ0v) is 14.4. The maximum absolute atomic E-state index is 13.4. The fourth-order valence-corrected chi connectivity index (χ4v) is 2.40. The van der Waals surface area contributed by atoms with E-state index in [1.807, 2.05) is 31.2 Å². The molecule has 8 heteroatoms. The van der Waals surface area contributed by atoms with Gasteiger partial charge in [0.15, 0.2) is 17.5 Å². The third-order valence-corrected chi connectivity index (χ3v) is 3.56. The zero-order chi connectivity index (χ0) is 20.0. The molecule has 0 aliphatic heterocycles. The SMILES string of the molecule is Cc1cccc(Cn2nc(-c3cc(F)c(F)c(F)c3)ccc2=O)c1.N=CN. The second-order valence-corrected chi connectivity index (χ2v) is 5.62. The Balaban J connectivity index is 0.000000817. The molecule has 0 radical (unpaired) electrons. The van der Waals surface area contributed by atoms with Crippen molar-refractivity contribution in [3.8, 4) is 11.3 Å². The molecule has 2 aromatic carbocycles. The van der Waals surface area contributed by atoms with Gasteiger partial charge in [0.1, 0.15) is 0 Å². The Morgan fingerprint density at radius 3 is 2.33 bits per heavy atom. The lowest BCUT2D eigenvalue weighted by Crippen LogP contribution is -2.22. The summed E-state index contributed by atoms with van der Waals surface area (Å²) in [6.45, 7) is 2.15. The minimum Gasteiger partial charge on any atom is -0.390 e. The van der Waals surface area contributed by atoms with Crippen LogP contribution >= 0.6 is 0 Å². The molecule has 0 aliphatic rings. The molecule has 3 aromatic rings. The van der Waals surface area contributed by atoms with Crippen LogP contribution in [0, 0.1) is 29.8 Å². The largest absolute Gasteiger partial charge is 0.390 e. The monoisotopic (exact) mass is 374 g/mol. The Hall–Kier alpha value is -3.42. The Kier molecular flexibility index (Phi) is 6.48. The molecule has 3 rings (SSSR count). The molecule has 1 heterocycles. The van der Waals surface area contributed by atoms with E-state index in [9.17, 15) is 18.0 Å². The molecule has 0 fully saturated rings. The standard InChI is InChI=1S/C18H13F3N2O.CH4N2/c1-11-3-2-4-12(7-11)10-23-17(24)6-5-16(22-23)13-8-14(19)18(21)15(20)9-13;2-1-3/h2-9H,10H2,1H3;1H,(H3,2,3). The quantitative estimate of drug-likeness (QED) is 0.419. The summed E-state index contributed by atoms with van der Waals surface area (Å²) in [4.78, 5) is 12.0. The predicted octanol–water partition coefficient (Wildman–Crippen LogP) is 3.24. The average Bonchev–Trinajstić information content (AvgIpc) is 2.62. The summed E-state index contributed by atoms with van der Waals surface area (Å²) >= 11 is 0. The highest BCUT2D eigenvalue weighted by Crippen LogP contribution is 2.21. The van der Waals surface area contributed by atoms with Crippen LogP contribution in [0.5, 0.6) is 0 Å². The van der Waals surface area contributed by atoms with Gasteiger partial charge in [0.25, 0.3) is 5.56 Å². The number of nitrogens with one attached hydrogen (secondary N) is 1. The number of benzene rings is 2. The number of hydrogen-bond donors (Lipinski definition) is 2. The summed E-state index contributed by atoms with van der Waals surface area (Å²) in [6, 6.07) is 11.9. The number of nitrogens with two attached hydrogens (primary N) is 1. The molecule has 140 valence electrons. The highest BCUT2D eigenvalue weighted by atomic mass is 19.2. The molecular weight excluding hydrogens is 357 g/mol. The van der Waals surface area contributed by atoms with E-state index in [0.29, 0.717) is 0 Å². The molecule has 0 amide bonds. The Morgan fingerprint density at radius 1 is 1.11 bits per heavy atom. The van der Waals surface area contributed by atoms with Gasteiger partial charge in [-0.2, -0.15) is 5.10 Å². The van der Waals surface area contributed by atoms with E-state index in [1.165, 1.54) is 16.8 Å². The molecule has 0 saturated heterocycles. The van der Waals surface area contributed by atoms with Crippen molar-refractivity contribution in [2.24, 2.45) is 5.73 Å². The van der Waals surface area contributed by atoms with Crippen molar-refractivity contribution in [3.63, 3.8) is 0 Å². The lowest BCUT2D eigenvalue weighted by atomic mass is 10.1. The van der Waals surface area contributed by atoms with Crippen molar-refractivity contribution < 1.29 is 13.2 Å². The number of rotatable bonds is 3. The van der Waals surface area contributed by atoms with Gasteiger partial charge in [-0.15, -0.1) is 0 Å². The van der Waals surface area contributed by atoms with Crippen molar-refractivity contribution in [1.29, 1.82) is 5.41 Å². The van der Waals surface area contributed by atoms with Crippen LogP contribution in [-0.4, -0.2) is 16.1 Å². The van der Waals surface area contributed by atoms with Crippen LogP contribution in [-0.2, 0) is 6.54 Å². The minimum atomic E-state index is -1.54. The normalized spacial score (nSPS) is 10.1. The van der Waals surface area contributed by atoms with Crippen LogP contribution in [0.25, 0.3) is 11.3 Å². The predicted molar refractivity (Wildman–Crippen MR) is 97.1 cm³/mol. The van der Waals surface area contributed by atoms with E-state index >= 15 is 0 Å². The molecule has 0 unspecified atom stereocenters. The molecule has 0 aliphatic carbocycles. The number of aryl methyl sites for hydroxylation is 1. The van der Waals surface area contributed by atoms with Gasteiger partial charge in [-0.25, -0.2) is 17.9 Å². The van der Waals surface area contributed by atoms with Crippen molar-refractivity contribution in [3.05, 3.63) is 87.5 Å².